The van der Waals surface area contributed by atoms with Gasteiger partial charge in [0.2, 0.25) is 11.8 Å². The first-order valence-electron chi connectivity index (χ1n) is 12.9. The fraction of sp³-hybridized carbons (Fsp3) is 0.464. The normalized spacial score (nSPS) is 17.7. The summed E-state index contributed by atoms with van der Waals surface area (Å²) in [5.74, 6) is -4.80. The zero-order chi connectivity index (χ0) is 28.6. The summed E-state index contributed by atoms with van der Waals surface area (Å²) in [7, 11) is 0. The van der Waals surface area contributed by atoms with Crippen molar-refractivity contribution in [2.75, 3.05) is 13.2 Å². The van der Waals surface area contributed by atoms with Crippen molar-refractivity contribution in [3.63, 3.8) is 0 Å². The maximum atomic E-state index is 15.7. The van der Waals surface area contributed by atoms with Gasteiger partial charge in [0.25, 0.3) is 0 Å². The van der Waals surface area contributed by atoms with Gasteiger partial charge in [0, 0.05) is 23.0 Å². The zero-order valence-corrected chi connectivity index (χ0v) is 22.6. The Morgan fingerprint density at radius 1 is 1.15 bits per heavy atom. The number of benzene rings is 2. The molecule has 1 unspecified atom stereocenters. The zero-order valence-electron chi connectivity index (χ0n) is 21.8. The quantitative estimate of drug-likeness (QED) is 0.306. The number of alkyl halides is 2. The van der Waals surface area contributed by atoms with Crippen LogP contribution in [0, 0.1) is 11.8 Å². The molecule has 2 aromatic carbocycles. The molecule has 11 heteroatoms. The van der Waals surface area contributed by atoms with Crippen LogP contribution in [0.5, 0.6) is 0 Å². The summed E-state index contributed by atoms with van der Waals surface area (Å²) in [6.45, 7) is 3.79. The van der Waals surface area contributed by atoms with E-state index in [4.69, 9.17) is 16.3 Å². The number of carbonyl (C=O) groups is 3. The van der Waals surface area contributed by atoms with Crippen LogP contribution in [0.1, 0.15) is 50.3 Å². The Kier molecular flexibility index (Phi) is 10.7. The highest BCUT2D eigenvalue weighted by Crippen LogP contribution is 2.43. The number of halogens is 3. The van der Waals surface area contributed by atoms with Gasteiger partial charge in [0.1, 0.15) is 6.04 Å². The maximum Gasteiger partial charge on any atom is 0.408 e. The first kappa shape index (κ1) is 30.3. The van der Waals surface area contributed by atoms with Crippen LogP contribution in [0.3, 0.4) is 0 Å². The smallest absolute Gasteiger partial charge is 0.408 e. The lowest BCUT2D eigenvalue weighted by atomic mass is 9.97. The molecular formula is C28H34ClF2N3O5. The fourth-order valence-electron chi connectivity index (χ4n) is 4.51. The molecule has 3 amide bonds. The van der Waals surface area contributed by atoms with Crippen molar-refractivity contribution in [1.29, 1.82) is 0 Å². The van der Waals surface area contributed by atoms with Gasteiger partial charge < -0.3 is 25.8 Å². The average molecular weight is 566 g/mol. The lowest BCUT2D eigenvalue weighted by molar-refractivity contribution is -0.128. The number of ether oxygens (including phenoxy) is 1. The van der Waals surface area contributed by atoms with Crippen LogP contribution in [0.2, 0.25) is 5.02 Å². The first-order valence-corrected chi connectivity index (χ1v) is 13.2. The van der Waals surface area contributed by atoms with E-state index in [1.165, 1.54) is 30.3 Å². The highest BCUT2D eigenvalue weighted by molar-refractivity contribution is 6.30. The molecule has 0 saturated carbocycles. The predicted octanol–water partition coefficient (Wildman–Crippen LogP) is 4.32. The summed E-state index contributed by atoms with van der Waals surface area (Å²) in [5.41, 5.74) is -0.382. The minimum absolute atomic E-state index is 0.0490. The molecule has 0 aliphatic carbocycles. The number of alkyl carbamates (subject to hydrolysis) is 1. The Balaban J connectivity index is 1.77. The van der Waals surface area contributed by atoms with E-state index in [1.54, 1.807) is 18.2 Å². The van der Waals surface area contributed by atoms with E-state index < -0.39 is 48.3 Å². The number of hydrogen-bond donors (Lipinski definition) is 4. The van der Waals surface area contributed by atoms with Crippen LogP contribution in [-0.2, 0) is 20.2 Å². The highest BCUT2D eigenvalue weighted by atomic mass is 35.5. The monoisotopic (exact) mass is 565 g/mol. The number of aliphatic hydroxyl groups excluding tert-OH is 1. The summed E-state index contributed by atoms with van der Waals surface area (Å²) in [6, 6.07) is 10.9. The molecule has 1 aliphatic rings. The molecule has 212 valence electrons. The summed E-state index contributed by atoms with van der Waals surface area (Å²) < 4.78 is 36.7. The van der Waals surface area contributed by atoms with E-state index in [9.17, 15) is 19.5 Å². The summed E-state index contributed by atoms with van der Waals surface area (Å²) in [5, 5.41) is 17.7. The van der Waals surface area contributed by atoms with Crippen molar-refractivity contribution in [2.24, 2.45) is 11.8 Å². The minimum Gasteiger partial charge on any atom is -0.434 e. The van der Waals surface area contributed by atoms with Crippen LogP contribution in [0.15, 0.2) is 54.6 Å². The number of carbonyl (C=O) groups excluding carboxylic acids is 3. The summed E-state index contributed by atoms with van der Waals surface area (Å²) >= 11 is 5.94. The van der Waals surface area contributed by atoms with Gasteiger partial charge in [0.15, 0.2) is 6.10 Å². The molecule has 0 aromatic heterocycles. The molecule has 4 atom stereocenters. The van der Waals surface area contributed by atoms with E-state index >= 15 is 8.78 Å². The lowest BCUT2D eigenvalue weighted by Gasteiger charge is -2.29. The Morgan fingerprint density at radius 2 is 1.87 bits per heavy atom. The first-order chi connectivity index (χ1) is 18.5. The van der Waals surface area contributed by atoms with Crippen LogP contribution in [-0.4, -0.2) is 48.2 Å². The van der Waals surface area contributed by atoms with Crippen LogP contribution < -0.4 is 16.0 Å². The van der Waals surface area contributed by atoms with Crippen molar-refractivity contribution in [1.82, 2.24) is 16.0 Å². The third-order valence-corrected chi connectivity index (χ3v) is 6.72. The number of hydrogen-bond acceptors (Lipinski definition) is 5. The second-order valence-corrected chi connectivity index (χ2v) is 10.5. The Bertz CT molecular complexity index is 1140. The molecule has 1 saturated heterocycles. The van der Waals surface area contributed by atoms with Crippen LogP contribution in [0.25, 0.3) is 0 Å². The third kappa shape index (κ3) is 8.37. The summed E-state index contributed by atoms with van der Waals surface area (Å²) in [6.07, 6.45) is -2.21. The molecule has 2 aromatic rings. The van der Waals surface area contributed by atoms with E-state index in [0.29, 0.717) is 13.0 Å². The van der Waals surface area contributed by atoms with Gasteiger partial charge >= 0.3 is 12.0 Å². The van der Waals surface area contributed by atoms with Crippen molar-refractivity contribution in [2.45, 2.75) is 57.2 Å². The van der Waals surface area contributed by atoms with Crippen molar-refractivity contribution >= 4 is 29.5 Å². The van der Waals surface area contributed by atoms with Crippen LogP contribution >= 0.6 is 11.6 Å². The molecule has 0 spiro atoms. The topological polar surface area (TPSA) is 117 Å². The van der Waals surface area contributed by atoms with E-state index in [-0.39, 0.29) is 41.2 Å². The molecule has 4 N–H and O–H groups in total. The largest absolute Gasteiger partial charge is 0.434 e. The van der Waals surface area contributed by atoms with Gasteiger partial charge in [-0.05, 0) is 42.9 Å². The van der Waals surface area contributed by atoms with Gasteiger partial charge in [-0.1, -0.05) is 67.9 Å². The molecule has 0 bridgehead atoms. The molecule has 39 heavy (non-hydrogen) atoms. The number of rotatable bonds is 12. The van der Waals surface area contributed by atoms with Crippen LogP contribution in [0.4, 0.5) is 13.6 Å². The van der Waals surface area contributed by atoms with Gasteiger partial charge in [-0.2, -0.15) is 8.78 Å². The van der Waals surface area contributed by atoms with Gasteiger partial charge in [0.05, 0.1) is 12.6 Å². The predicted molar refractivity (Wildman–Crippen MR) is 142 cm³/mol. The Morgan fingerprint density at radius 3 is 2.46 bits per heavy atom. The lowest BCUT2D eigenvalue weighted by Crippen LogP contribution is -2.52. The fourth-order valence-corrected chi connectivity index (χ4v) is 4.70. The molecular weight excluding hydrogens is 532 g/mol. The number of nitrogens with one attached hydrogen (secondary N) is 3. The van der Waals surface area contributed by atoms with Crippen molar-refractivity contribution in [3.8, 4) is 0 Å². The third-order valence-electron chi connectivity index (χ3n) is 6.48. The number of amides is 3. The molecule has 1 aliphatic heterocycles. The van der Waals surface area contributed by atoms with Crippen molar-refractivity contribution in [3.05, 3.63) is 70.7 Å². The van der Waals surface area contributed by atoms with Gasteiger partial charge in [-0.3, -0.25) is 9.59 Å². The second-order valence-electron chi connectivity index (χ2n) is 10.1. The Labute approximate surface area is 231 Å². The molecule has 8 nitrogen and oxygen atoms in total. The number of aliphatic hydroxyl groups is 1. The molecule has 1 fully saturated rings. The van der Waals surface area contributed by atoms with E-state index in [2.05, 4.69) is 16.0 Å². The standard InChI is InChI=1S/C28H34ClF2N3O5/c1-17(2)13-23(26(37)33-22(16-35)14-19-11-12-32-25(19)36)34-27(38)39-24(18-7-4-3-5-8-18)28(30,31)20-9-6-10-21(29)15-20/h3-10,15,17,19,22-24,35H,11-14,16H2,1-2H3,(H,32,36)(H,33,37)(H,34,38)/t19-,22-,23-,24?/m0/s1. The van der Waals surface area contributed by atoms with Gasteiger partial charge in [-0.15, -0.1) is 0 Å². The van der Waals surface area contributed by atoms with E-state index in [0.717, 1.165) is 6.07 Å². The average Bonchev–Trinajstić information content (AvgIpc) is 3.30. The highest BCUT2D eigenvalue weighted by Gasteiger charge is 2.46. The second kappa shape index (κ2) is 13.7. The maximum absolute atomic E-state index is 15.7. The van der Waals surface area contributed by atoms with E-state index in [1.807, 2.05) is 13.8 Å². The van der Waals surface area contributed by atoms with Crippen molar-refractivity contribution < 1.29 is 33.0 Å². The summed E-state index contributed by atoms with van der Waals surface area (Å²) in [4.78, 5) is 38.0. The SMILES string of the molecule is CC(C)C[C@H](NC(=O)OC(c1ccccc1)C(F)(F)c1cccc(Cl)c1)C(=O)N[C@H](CO)C[C@@H]1CCNC1=O. The molecule has 1 heterocycles. The molecule has 0 radical (unpaired) electrons. The molecule has 3 rings (SSSR count). The minimum atomic E-state index is -3.65. The Hall–Kier alpha value is -3.24. The van der Waals surface area contributed by atoms with Gasteiger partial charge in [-0.25, -0.2) is 4.79 Å².